The fourth-order valence-electron chi connectivity index (χ4n) is 0.806. The Morgan fingerprint density at radius 3 is 2.64 bits per heavy atom. The van der Waals surface area contributed by atoms with E-state index in [0.29, 0.717) is 0 Å². The molecule has 1 radical (unpaired) electrons. The summed E-state index contributed by atoms with van der Waals surface area (Å²) in [7, 11) is 1.39. The SMILES string of the molecule is COC(=O)C(C)c1[c]sc(Br)c1.[Br-].[Zn]. The van der Waals surface area contributed by atoms with Gasteiger partial charge in [-0.1, -0.05) is 0 Å². The molecule has 1 rings (SSSR count). The first-order valence-electron chi connectivity index (χ1n) is 3.40. The molecule has 0 aromatic carbocycles. The van der Waals surface area contributed by atoms with Crippen LogP contribution in [-0.2, 0) is 29.0 Å². The summed E-state index contributed by atoms with van der Waals surface area (Å²) in [5, 5.41) is 3.01. The zero-order valence-electron chi connectivity index (χ0n) is 7.84. The molecule has 6 heteroatoms. The molecule has 0 fully saturated rings. The molecule has 14 heavy (non-hydrogen) atoms. The monoisotopic (exact) mass is 390 g/mol. The number of carbonyl (C=O) groups is 1. The van der Waals surface area contributed by atoms with Gasteiger partial charge < -0.3 is 21.7 Å². The third-order valence-corrected chi connectivity index (χ3v) is 2.92. The van der Waals surface area contributed by atoms with Crippen LogP contribution >= 0.6 is 27.3 Å². The van der Waals surface area contributed by atoms with Crippen molar-refractivity contribution in [3.05, 3.63) is 20.8 Å². The summed E-state index contributed by atoms with van der Waals surface area (Å²) >= 11 is 4.75. The van der Waals surface area contributed by atoms with Crippen LogP contribution < -0.4 is 17.0 Å². The van der Waals surface area contributed by atoms with Gasteiger partial charge in [0.05, 0.1) is 16.8 Å². The average Bonchev–Trinajstić information content (AvgIpc) is 2.49. The molecule has 1 heterocycles. The van der Waals surface area contributed by atoms with Crippen LogP contribution in [0.3, 0.4) is 0 Å². The Morgan fingerprint density at radius 2 is 2.29 bits per heavy atom. The number of ether oxygens (including phenoxy) is 1. The third kappa shape index (κ3) is 4.52. The number of hydrogen-bond acceptors (Lipinski definition) is 3. The van der Waals surface area contributed by atoms with E-state index in [4.69, 9.17) is 0 Å². The summed E-state index contributed by atoms with van der Waals surface area (Å²) in [4.78, 5) is 11.1. The maximum Gasteiger partial charge on any atom is 0.312 e. The smallest absolute Gasteiger partial charge is 0.312 e. The summed E-state index contributed by atoms with van der Waals surface area (Å²) < 4.78 is 5.59. The second-order valence-electron chi connectivity index (χ2n) is 2.35. The van der Waals surface area contributed by atoms with Crippen molar-refractivity contribution >= 4 is 33.2 Å². The Bertz CT molecular complexity index is 291. The second kappa shape index (κ2) is 7.97. The van der Waals surface area contributed by atoms with E-state index in [2.05, 4.69) is 26.0 Å². The van der Waals surface area contributed by atoms with Crippen molar-refractivity contribution in [1.29, 1.82) is 0 Å². The van der Waals surface area contributed by atoms with Gasteiger partial charge in [-0.05, 0) is 34.5 Å². The minimum atomic E-state index is -0.225. The van der Waals surface area contributed by atoms with E-state index in [1.54, 1.807) is 6.92 Å². The maximum absolute atomic E-state index is 11.1. The van der Waals surface area contributed by atoms with Crippen molar-refractivity contribution in [3.8, 4) is 0 Å². The van der Waals surface area contributed by atoms with Crippen LogP contribution in [0, 0.1) is 5.38 Å². The summed E-state index contributed by atoms with van der Waals surface area (Å²) in [6.45, 7) is 1.80. The van der Waals surface area contributed by atoms with Crippen LogP contribution in [0.1, 0.15) is 18.4 Å². The van der Waals surface area contributed by atoms with Crippen molar-refractivity contribution < 1.29 is 46.0 Å². The Labute approximate surface area is 119 Å². The molecule has 0 spiro atoms. The van der Waals surface area contributed by atoms with Gasteiger partial charge in [-0.2, -0.15) is 0 Å². The molecule has 1 atom stereocenters. The number of halogens is 2. The minimum absolute atomic E-state index is 0. The molecule has 0 aliphatic rings. The second-order valence-corrected chi connectivity index (χ2v) is 4.58. The molecule has 1 aromatic heterocycles. The number of methoxy groups -OCH3 is 1. The summed E-state index contributed by atoms with van der Waals surface area (Å²) in [6, 6.07) is 1.88. The van der Waals surface area contributed by atoms with Crippen LogP contribution in [0.25, 0.3) is 0 Å². The molecule has 0 aliphatic heterocycles. The van der Waals surface area contributed by atoms with Crippen molar-refractivity contribution in [2.75, 3.05) is 7.11 Å². The van der Waals surface area contributed by atoms with Crippen molar-refractivity contribution in [2.24, 2.45) is 0 Å². The van der Waals surface area contributed by atoms with Crippen LogP contribution in [0.2, 0.25) is 0 Å². The van der Waals surface area contributed by atoms with Crippen LogP contribution in [-0.4, -0.2) is 13.1 Å². The number of rotatable bonds is 2. The standard InChI is InChI=1S/C8H8BrO2S.BrH.Zn/c1-5(8(10)11-2)6-3-7(9)12-4-6;;/h3,5H,1-2H3;1H;/p-1. The van der Waals surface area contributed by atoms with E-state index >= 15 is 0 Å². The van der Waals surface area contributed by atoms with Gasteiger partial charge in [0.15, 0.2) is 0 Å². The van der Waals surface area contributed by atoms with Gasteiger partial charge in [-0.25, -0.2) is 0 Å². The largest absolute Gasteiger partial charge is 1.00 e. The molecule has 0 saturated heterocycles. The molecule has 0 amide bonds. The number of hydrogen-bond donors (Lipinski definition) is 0. The summed E-state index contributed by atoms with van der Waals surface area (Å²) in [5.74, 6) is -0.450. The molecule has 1 unspecified atom stereocenters. The minimum Gasteiger partial charge on any atom is -1.00 e. The third-order valence-electron chi connectivity index (χ3n) is 1.56. The van der Waals surface area contributed by atoms with Gasteiger partial charge in [-0.3, -0.25) is 4.79 Å². The van der Waals surface area contributed by atoms with Crippen molar-refractivity contribution in [2.45, 2.75) is 12.8 Å². The molecule has 75 valence electrons. The maximum atomic E-state index is 11.1. The molecule has 0 saturated carbocycles. The van der Waals surface area contributed by atoms with E-state index in [0.717, 1.165) is 9.35 Å². The Morgan fingerprint density at radius 1 is 1.71 bits per heavy atom. The molecule has 0 bridgehead atoms. The topological polar surface area (TPSA) is 26.3 Å². The van der Waals surface area contributed by atoms with E-state index in [-0.39, 0.29) is 48.3 Å². The summed E-state index contributed by atoms with van der Waals surface area (Å²) in [5.41, 5.74) is 0.874. The average molecular weight is 393 g/mol. The number of thiophene rings is 1. The quantitative estimate of drug-likeness (QED) is 0.505. The van der Waals surface area contributed by atoms with Crippen molar-refractivity contribution in [1.82, 2.24) is 0 Å². The summed E-state index contributed by atoms with van der Waals surface area (Å²) in [6.07, 6.45) is 0. The van der Waals surface area contributed by atoms with E-state index < -0.39 is 0 Å². The Kier molecular flexibility index (Phi) is 9.77. The van der Waals surface area contributed by atoms with Gasteiger partial charge in [0.2, 0.25) is 0 Å². The predicted molar refractivity (Wildman–Crippen MR) is 51.3 cm³/mol. The molecule has 0 aliphatic carbocycles. The normalized spacial score (nSPS) is 10.8. The van der Waals surface area contributed by atoms with Gasteiger partial charge >= 0.3 is 5.97 Å². The predicted octanol–water partition coefficient (Wildman–Crippen LogP) is -0.411. The Hall–Kier alpha value is 0.753. The van der Waals surface area contributed by atoms with E-state index in [1.165, 1.54) is 18.4 Å². The molecular formula is C8H8Br2O2SZn-. The van der Waals surface area contributed by atoms with Crippen LogP contribution in [0.4, 0.5) is 0 Å². The number of carbonyl (C=O) groups excluding carboxylic acids is 1. The first kappa shape index (κ1) is 17.2. The van der Waals surface area contributed by atoms with Gasteiger partial charge in [0.25, 0.3) is 0 Å². The first-order chi connectivity index (χ1) is 5.65. The molecule has 1 aromatic rings. The zero-order valence-corrected chi connectivity index (χ0v) is 14.8. The van der Waals surface area contributed by atoms with E-state index in [9.17, 15) is 4.79 Å². The fraction of sp³-hybridized carbons (Fsp3) is 0.375. The van der Waals surface area contributed by atoms with E-state index in [1.807, 2.05) is 6.07 Å². The fourth-order valence-corrected chi connectivity index (χ4v) is 1.93. The molecular weight excluding hydrogens is 385 g/mol. The molecule has 2 nitrogen and oxygen atoms in total. The first-order valence-corrected chi connectivity index (χ1v) is 5.01. The molecule has 0 N–H and O–H groups in total. The van der Waals surface area contributed by atoms with Crippen molar-refractivity contribution in [3.63, 3.8) is 0 Å². The van der Waals surface area contributed by atoms with Gasteiger partial charge in [0.1, 0.15) is 0 Å². The Balaban J connectivity index is 0. The van der Waals surface area contributed by atoms with Gasteiger partial charge in [-0.15, -0.1) is 11.3 Å². The zero-order chi connectivity index (χ0) is 9.14. The number of esters is 1. The van der Waals surface area contributed by atoms with Crippen LogP contribution in [0.15, 0.2) is 9.85 Å². The van der Waals surface area contributed by atoms with Gasteiger partial charge in [0, 0.05) is 24.9 Å². The van der Waals surface area contributed by atoms with Crippen LogP contribution in [0.5, 0.6) is 0 Å².